The van der Waals surface area contributed by atoms with Gasteiger partial charge in [-0.15, -0.1) is 0 Å². The van der Waals surface area contributed by atoms with Crippen molar-refractivity contribution in [3.8, 4) is 0 Å². The standard InChI is InChI=1S/C18H24N8/c1-4-14-21-15-13(3)23-26(5-2)16(15)17(22-14)24-9-11-25(12-10-24)18-19-7-6-8-20-18/h6-8H,4-5,9-12H2,1-3H3. The van der Waals surface area contributed by atoms with Crippen LogP contribution in [-0.2, 0) is 13.0 Å². The van der Waals surface area contributed by atoms with Gasteiger partial charge in [0.2, 0.25) is 5.95 Å². The number of anilines is 2. The van der Waals surface area contributed by atoms with E-state index in [4.69, 9.17) is 9.97 Å². The Labute approximate surface area is 152 Å². The third-order valence-electron chi connectivity index (χ3n) is 4.81. The van der Waals surface area contributed by atoms with Crippen LogP contribution in [-0.4, -0.2) is 55.9 Å². The van der Waals surface area contributed by atoms with Crippen molar-refractivity contribution in [3.63, 3.8) is 0 Å². The molecule has 3 aromatic rings. The van der Waals surface area contributed by atoms with Crippen molar-refractivity contribution in [1.29, 1.82) is 0 Å². The van der Waals surface area contributed by atoms with E-state index in [1.165, 1.54) is 0 Å². The molecule has 0 bridgehead atoms. The first-order valence-electron chi connectivity index (χ1n) is 9.22. The van der Waals surface area contributed by atoms with Gasteiger partial charge >= 0.3 is 0 Å². The zero-order valence-corrected chi connectivity index (χ0v) is 15.6. The SMILES string of the molecule is CCc1nc(N2CCN(c3ncccn3)CC2)c2c(n1)c(C)nn2CC. The minimum Gasteiger partial charge on any atom is -0.351 e. The van der Waals surface area contributed by atoms with Crippen LogP contribution in [0.5, 0.6) is 0 Å². The molecule has 3 aromatic heterocycles. The molecule has 1 saturated heterocycles. The molecule has 1 fully saturated rings. The van der Waals surface area contributed by atoms with E-state index >= 15 is 0 Å². The molecule has 0 amide bonds. The first-order chi connectivity index (χ1) is 12.7. The number of nitrogens with zero attached hydrogens (tertiary/aromatic N) is 8. The van der Waals surface area contributed by atoms with Crippen LogP contribution in [0.4, 0.5) is 11.8 Å². The van der Waals surface area contributed by atoms with Crippen LogP contribution in [0, 0.1) is 6.92 Å². The fraction of sp³-hybridized carbons (Fsp3) is 0.500. The van der Waals surface area contributed by atoms with Crippen molar-refractivity contribution < 1.29 is 0 Å². The van der Waals surface area contributed by atoms with Crippen LogP contribution in [0.2, 0.25) is 0 Å². The average molecular weight is 352 g/mol. The van der Waals surface area contributed by atoms with E-state index in [0.29, 0.717) is 0 Å². The van der Waals surface area contributed by atoms with Crippen LogP contribution in [0.3, 0.4) is 0 Å². The van der Waals surface area contributed by atoms with E-state index in [2.05, 4.69) is 38.7 Å². The van der Waals surface area contributed by atoms with Crippen molar-refractivity contribution in [3.05, 3.63) is 30.0 Å². The van der Waals surface area contributed by atoms with E-state index in [1.807, 2.05) is 17.7 Å². The molecule has 0 unspecified atom stereocenters. The van der Waals surface area contributed by atoms with Gasteiger partial charge in [0.15, 0.2) is 5.82 Å². The monoisotopic (exact) mass is 352 g/mol. The quantitative estimate of drug-likeness (QED) is 0.709. The Morgan fingerprint density at radius 1 is 0.962 bits per heavy atom. The van der Waals surface area contributed by atoms with Gasteiger partial charge in [0.1, 0.15) is 16.9 Å². The lowest BCUT2D eigenvalue weighted by molar-refractivity contribution is 0.628. The zero-order valence-electron chi connectivity index (χ0n) is 15.6. The van der Waals surface area contributed by atoms with E-state index in [1.54, 1.807) is 12.4 Å². The van der Waals surface area contributed by atoms with Gasteiger partial charge in [0.05, 0.1) is 5.69 Å². The molecule has 8 nitrogen and oxygen atoms in total. The summed E-state index contributed by atoms with van der Waals surface area (Å²) in [6, 6.07) is 1.85. The zero-order chi connectivity index (χ0) is 18.1. The number of hydrogen-bond acceptors (Lipinski definition) is 7. The van der Waals surface area contributed by atoms with E-state index < -0.39 is 0 Å². The summed E-state index contributed by atoms with van der Waals surface area (Å²) in [6.07, 6.45) is 4.40. The molecule has 0 spiro atoms. The average Bonchev–Trinajstić information content (AvgIpc) is 3.04. The summed E-state index contributed by atoms with van der Waals surface area (Å²) >= 11 is 0. The lowest BCUT2D eigenvalue weighted by Crippen LogP contribution is -2.47. The molecule has 8 heteroatoms. The number of aromatic nitrogens is 6. The second kappa shape index (κ2) is 6.86. The van der Waals surface area contributed by atoms with E-state index in [-0.39, 0.29) is 0 Å². The molecule has 0 saturated carbocycles. The van der Waals surface area contributed by atoms with Gasteiger partial charge in [0, 0.05) is 51.5 Å². The fourth-order valence-electron chi connectivity index (χ4n) is 3.44. The van der Waals surface area contributed by atoms with Crippen molar-refractivity contribution in [1.82, 2.24) is 29.7 Å². The molecule has 4 heterocycles. The molecule has 4 rings (SSSR count). The van der Waals surface area contributed by atoms with Crippen LogP contribution in [0.25, 0.3) is 11.0 Å². The normalized spacial score (nSPS) is 15.0. The highest BCUT2D eigenvalue weighted by atomic mass is 15.4. The van der Waals surface area contributed by atoms with Gasteiger partial charge in [0.25, 0.3) is 0 Å². The summed E-state index contributed by atoms with van der Waals surface area (Å²) < 4.78 is 2.02. The van der Waals surface area contributed by atoms with Crippen molar-refractivity contribution in [2.24, 2.45) is 0 Å². The molecule has 1 aliphatic rings. The number of piperazine rings is 1. The summed E-state index contributed by atoms with van der Waals surface area (Å²) in [7, 11) is 0. The Balaban J connectivity index is 1.67. The van der Waals surface area contributed by atoms with Crippen LogP contribution >= 0.6 is 0 Å². The summed E-state index contributed by atoms with van der Waals surface area (Å²) in [5.41, 5.74) is 2.99. The lowest BCUT2D eigenvalue weighted by atomic mass is 10.2. The topological polar surface area (TPSA) is 75.9 Å². The predicted molar refractivity (Wildman–Crippen MR) is 102 cm³/mol. The summed E-state index contributed by atoms with van der Waals surface area (Å²) in [4.78, 5) is 22.9. The maximum Gasteiger partial charge on any atom is 0.225 e. The van der Waals surface area contributed by atoms with Crippen molar-refractivity contribution in [2.45, 2.75) is 33.7 Å². The maximum atomic E-state index is 4.87. The molecular weight excluding hydrogens is 328 g/mol. The van der Waals surface area contributed by atoms with Crippen molar-refractivity contribution in [2.75, 3.05) is 36.0 Å². The van der Waals surface area contributed by atoms with Crippen LogP contribution < -0.4 is 9.80 Å². The highest BCUT2D eigenvalue weighted by Crippen LogP contribution is 2.27. The molecular formula is C18H24N8. The molecule has 0 atom stereocenters. The minimum atomic E-state index is 0.795. The number of hydrogen-bond donors (Lipinski definition) is 0. The Morgan fingerprint density at radius 3 is 2.31 bits per heavy atom. The molecule has 0 aromatic carbocycles. The number of rotatable bonds is 4. The van der Waals surface area contributed by atoms with E-state index in [0.717, 1.165) is 73.5 Å². The second-order valence-corrected chi connectivity index (χ2v) is 6.44. The third-order valence-corrected chi connectivity index (χ3v) is 4.81. The molecule has 0 radical (unpaired) electrons. The second-order valence-electron chi connectivity index (χ2n) is 6.44. The molecule has 136 valence electrons. The van der Waals surface area contributed by atoms with Crippen LogP contribution in [0.1, 0.15) is 25.4 Å². The fourth-order valence-corrected chi connectivity index (χ4v) is 3.44. The number of aryl methyl sites for hydroxylation is 3. The summed E-state index contributed by atoms with van der Waals surface area (Å²) in [6.45, 7) is 10.5. The Hall–Kier alpha value is -2.77. The van der Waals surface area contributed by atoms with Gasteiger partial charge in [-0.2, -0.15) is 5.10 Å². The van der Waals surface area contributed by atoms with Gasteiger partial charge in [-0.1, -0.05) is 6.92 Å². The summed E-state index contributed by atoms with van der Waals surface area (Å²) in [5, 5.41) is 4.66. The van der Waals surface area contributed by atoms with E-state index in [9.17, 15) is 0 Å². The van der Waals surface area contributed by atoms with Gasteiger partial charge in [-0.05, 0) is 19.9 Å². The lowest BCUT2D eigenvalue weighted by Gasteiger charge is -2.35. The Morgan fingerprint density at radius 2 is 1.65 bits per heavy atom. The predicted octanol–water partition coefficient (Wildman–Crippen LogP) is 1.83. The van der Waals surface area contributed by atoms with Gasteiger partial charge < -0.3 is 9.80 Å². The highest BCUT2D eigenvalue weighted by Gasteiger charge is 2.24. The highest BCUT2D eigenvalue weighted by molar-refractivity contribution is 5.88. The Bertz CT molecular complexity index is 896. The minimum absolute atomic E-state index is 0.795. The first kappa shape index (κ1) is 16.7. The largest absolute Gasteiger partial charge is 0.351 e. The third kappa shape index (κ3) is 2.85. The smallest absolute Gasteiger partial charge is 0.225 e. The van der Waals surface area contributed by atoms with Gasteiger partial charge in [-0.25, -0.2) is 19.9 Å². The maximum absolute atomic E-state index is 4.87. The molecule has 0 N–H and O–H groups in total. The van der Waals surface area contributed by atoms with Crippen molar-refractivity contribution >= 4 is 22.8 Å². The molecule has 0 aliphatic carbocycles. The first-order valence-corrected chi connectivity index (χ1v) is 9.22. The molecule has 1 aliphatic heterocycles. The van der Waals surface area contributed by atoms with Gasteiger partial charge in [-0.3, -0.25) is 4.68 Å². The Kier molecular flexibility index (Phi) is 4.40. The van der Waals surface area contributed by atoms with Crippen LogP contribution in [0.15, 0.2) is 18.5 Å². The summed E-state index contributed by atoms with van der Waals surface area (Å²) in [5.74, 6) is 2.67. The number of fused-ring (bicyclic) bond motifs is 1. The molecule has 26 heavy (non-hydrogen) atoms.